The van der Waals surface area contributed by atoms with Gasteiger partial charge in [-0.15, -0.1) is 23.7 Å². The first-order chi connectivity index (χ1) is 9.29. The van der Waals surface area contributed by atoms with E-state index in [-0.39, 0.29) is 17.8 Å². The molecular weight excluding hydrogens is 292 g/mol. The van der Waals surface area contributed by atoms with Gasteiger partial charge < -0.3 is 0 Å². The van der Waals surface area contributed by atoms with Gasteiger partial charge in [-0.25, -0.2) is 0 Å². The molecule has 5 heteroatoms. The number of nitrogens with zero attached hydrogens (tertiary/aromatic N) is 2. The van der Waals surface area contributed by atoms with Gasteiger partial charge in [-0.1, -0.05) is 12.1 Å². The summed E-state index contributed by atoms with van der Waals surface area (Å²) in [5.41, 5.74) is 1.11. The number of fused-ring (bicyclic) bond motifs is 2. The summed E-state index contributed by atoms with van der Waals surface area (Å²) in [6.45, 7) is 2.40. The first-order valence-electron chi connectivity index (χ1n) is 6.42. The van der Waals surface area contributed by atoms with E-state index < -0.39 is 0 Å². The zero-order chi connectivity index (χ0) is 13.2. The second-order valence-electron chi connectivity index (χ2n) is 4.76. The maximum atomic E-state index is 12.5. The summed E-state index contributed by atoms with van der Waals surface area (Å²) < 4.78 is 1.08. The van der Waals surface area contributed by atoms with Crippen LogP contribution in [0, 0.1) is 11.3 Å². The highest BCUT2D eigenvalue weighted by Gasteiger charge is 2.20. The summed E-state index contributed by atoms with van der Waals surface area (Å²) in [5.74, 6) is 0. The molecule has 0 N–H and O–H groups in total. The number of rotatable bonds is 2. The number of nitriles is 1. The highest BCUT2D eigenvalue weighted by atomic mass is 35.5. The molecule has 104 valence electrons. The predicted octanol–water partition coefficient (Wildman–Crippen LogP) is 2.96. The Bertz CT molecular complexity index is 720. The zero-order valence-electron chi connectivity index (χ0n) is 11.0. The van der Waals surface area contributed by atoms with Crippen LogP contribution in [-0.4, -0.2) is 18.0 Å². The predicted molar refractivity (Wildman–Crippen MR) is 84.6 cm³/mol. The Morgan fingerprint density at radius 1 is 1.35 bits per heavy atom. The first kappa shape index (κ1) is 15.0. The van der Waals surface area contributed by atoms with Gasteiger partial charge in [0.05, 0.1) is 6.07 Å². The Morgan fingerprint density at radius 3 is 2.95 bits per heavy atom. The van der Waals surface area contributed by atoms with E-state index in [1.54, 1.807) is 11.3 Å². The lowest BCUT2D eigenvalue weighted by molar-refractivity contribution is 0.261. The monoisotopic (exact) mass is 306 g/mol. The van der Waals surface area contributed by atoms with Gasteiger partial charge in [0.2, 0.25) is 0 Å². The van der Waals surface area contributed by atoms with Crippen molar-refractivity contribution in [1.82, 2.24) is 4.90 Å². The van der Waals surface area contributed by atoms with Gasteiger partial charge >= 0.3 is 0 Å². The zero-order valence-corrected chi connectivity index (χ0v) is 12.6. The van der Waals surface area contributed by atoms with E-state index in [4.69, 9.17) is 5.26 Å². The molecule has 0 amide bonds. The standard InChI is InChI=1S/C15H14N2OS.ClH/c16-7-3-8-17-9-6-14-12(10-17)15(18)11-4-1-2-5-13(11)19-14;/h1-2,4-5H,3,6,8-10H2;1H. The third-order valence-electron chi connectivity index (χ3n) is 3.55. The van der Waals surface area contributed by atoms with Gasteiger partial charge in [0.25, 0.3) is 0 Å². The summed E-state index contributed by atoms with van der Waals surface area (Å²) in [5, 5.41) is 9.48. The van der Waals surface area contributed by atoms with E-state index >= 15 is 0 Å². The Morgan fingerprint density at radius 2 is 2.15 bits per heavy atom. The highest BCUT2D eigenvalue weighted by Crippen LogP contribution is 2.26. The molecule has 3 nitrogen and oxygen atoms in total. The Labute approximate surface area is 127 Å². The second-order valence-corrected chi connectivity index (χ2v) is 5.90. The molecule has 0 saturated carbocycles. The van der Waals surface area contributed by atoms with Crippen molar-refractivity contribution in [3.05, 3.63) is 44.9 Å². The van der Waals surface area contributed by atoms with Crippen LogP contribution in [0.3, 0.4) is 0 Å². The van der Waals surface area contributed by atoms with Crippen molar-refractivity contribution < 1.29 is 0 Å². The van der Waals surface area contributed by atoms with Crippen molar-refractivity contribution in [3.8, 4) is 6.07 Å². The van der Waals surface area contributed by atoms with Crippen LogP contribution in [0.2, 0.25) is 0 Å². The van der Waals surface area contributed by atoms with E-state index in [1.807, 2.05) is 24.3 Å². The van der Waals surface area contributed by atoms with Crippen molar-refractivity contribution in [2.45, 2.75) is 19.4 Å². The van der Waals surface area contributed by atoms with Crippen molar-refractivity contribution in [1.29, 1.82) is 5.26 Å². The molecular formula is C15H15ClN2OS. The maximum absolute atomic E-state index is 12.5. The van der Waals surface area contributed by atoms with Crippen molar-refractivity contribution in [3.63, 3.8) is 0 Å². The second kappa shape index (κ2) is 6.36. The molecule has 1 aliphatic rings. The molecule has 0 fully saturated rings. The van der Waals surface area contributed by atoms with Gasteiger partial charge in [0.1, 0.15) is 0 Å². The van der Waals surface area contributed by atoms with Gasteiger partial charge in [-0.2, -0.15) is 5.26 Å². The molecule has 1 aromatic carbocycles. The first-order valence-corrected chi connectivity index (χ1v) is 7.24. The normalized spacial score (nSPS) is 14.3. The molecule has 0 radical (unpaired) electrons. The summed E-state index contributed by atoms with van der Waals surface area (Å²) in [6.07, 6.45) is 1.45. The fraction of sp³-hybridized carbons (Fsp3) is 0.333. The number of benzene rings is 1. The number of halogens is 1. The largest absolute Gasteiger partial charge is 0.298 e. The maximum Gasteiger partial charge on any atom is 0.192 e. The van der Waals surface area contributed by atoms with Crippen LogP contribution >= 0.6 is 23.7 Å². The smallest absolute Gasteiger partial charge is 0.192 e. The third-order valence-corrected chi connectivity index (χ3v) is 4.83. The SMILES string of the molecule is Cl.N#CCCN1CCc2sc3ccccc3c(=O)c2C1. The average Bonchev–Trinajstić information content (AvgIpc) is 2.46. The topological polar surface area (TPSA) is 44.1 Å². The highest BCUT2D eigenvalue weighted by molar-refractivity contribution is 7.18. The quantitative estimate of drug-likeness (QED) is 0.857. The Kier molecular flexibility index (Phi) is 4.77. The lowest BCUT2D eigenvalue weighted by Crippen LogP contribution is -2.34. The van der Waals surface area contributed by atoms with Crippen LogP contribution in [-0.2, 0) is 13.0 Å². The average molecular weight is 307 g/mol. The van der Waals surface area contributed by atoms with Crippen LogP contribution in [0.5, 0.6) is 0 Å². The molecule has 2 heterocycles. The Hall–Kier alpha value is -1.41. The van der Waals surface area contributed by atoms with Crippen LogP contribution < -0.4 is 5.43 Å². The summed E-state index contributed by atoms with van der Waals surface area (Å²) >= 11 is 1.74. The lowest BCUT2D eigenvalue weighted by Gasteiger charge is -2.27. The van der Waals surface area contributed by atoms with Gasteiger partial charge in [-0.05, 0) is 18.6 Å². The minimum Gasteiger partial charge on any atom is -0.298 e. The van der Waals surface area contributed by atoms with E-state index in [1.165, 1.54) is 4.88 Å². The molecule has 1 aliphatic heterocycles. The van der Waals surface area contributed by atoms with Gasteiger partial charge in [0, 0.05) is 46.6 Å². The molecule has 1 aromatic heterocycles. The molecule has 0 spiro atoms. The fourth-order valence-electron chi connectivity index (χ4n) is 2.55. The molecule has 3 rings (SSSR count). The summed E-state index contributed by atoms with van der Waals surface area (Å²) in [7, 11) is 0. The van der Waals surface area contributed by atoms with Crippen LogP contribution in [0.15, 0.2) is 29.1 Å². The molecule has 0 bridgehead atoms. The van der Waals surface area contributed by atoms with Crippen molar-refractivity contribution >= 4 is 33.8 Å². The fourth-order valence-corrected chi connectivity index (χ4v) is 3.71. The van der Waals surface area contributed by atoms with Gasteiger partial charge in [0.15, 0.2) is 5.43 Å². The van der Waals surface area contributed by atoms with Gasteiger partial charge in [-0.3, -0.25) is 9.69 Å². The minimum atomic E-state index is 0. The summed E-state index contributed by atoms with van der Waals surface area (Å²) in [6, 6.07) is 9.98. The third kappa shape index (κ3) is 2.71. The number of hydrogen-bond donors (Lipinski definition) is 0. The van der Waals surface area contributed by atoms with Crippen molar-refractivity contribution in [2.24, 2.45) is 0 Å². The Balaban J connectivity index is 0.00000147. The lowest BCUT2D eigenvalue weighted by atomic mass is 10.1. The van der Waals surface area contributed by atoms with Crippen molar-refractivity contribution in [2.75, 3.05) is 13.1 Å². The van der Waals surface area contributed by atoms with Crippen LogP contribution in [0.4, 0.5) is 0 Å². The van der Waals surface area contributed by atoms with Crippen LogP contribution in [0.25, 0.3) is 10.1 Å². The van der Waals surface area contributed by atoms with E-state index in [0.717, 1.165) is 35.2 Å². The van der Waals surface area contributed by atoms with E-state index in [2.05, 4.69) is 11.0 Å². The van der Waals surface area contributed by atoms with E-state index in [9.17, 15) is 4.79 Å². The van der Waals surface area contributed by atoms with Crippen LogP contribution in [0.1, 0.15) is 16.9 Å². The molecule has 0 saturated heterocycles. The molecule has 20 heavy (non-hydrogen) atoms. The molecule has 0 unspecified atom stereocenters. The molecule has 0 atom stereocenters. The molecule has 0 aliphatic carbocycles. The number of hydrogen-bond acceptors (Lipinski definition) is 4. The minimum absolute atomic E-state index is 0. The summed E-state index contributed by atoms with van der Waals surface area (Å²) in [4.78, 5) is 15.9. The van der Waals surface area contributed by atoms with E-state index in [0.29, 0.717) is 13.0 Å². The molecule has 2 aromatic rings.